The summed E-state index contributed by atoms with van der Waals surface area (Å²) in [5.41, 5.74) is 10.5. The van der Waals surface area contributed by atoms with Crippen LogP contribution in [-0.2, 0) is 9.53 Å². The Balaban J connectivity index is 0.000000427. The van der Waals surface area contributed by atoms with Crippen LogP contribution in [0, 0.1) is 12.7 Å². The minimum absolute atomic E-state index is 0.143. The number of phenolic OH excluding ortho intramolecular Hbond substituents is 1. The molecule has 0 radical (unpaired) electrons. The molecule has 32 heavy (non-hydrogen) atoms. The van der Waals surface area contributed by atoms with Crippen LogP contribution in [0.4, 0.5) is 10.2 Å². The molecule has 1 aliphatic heterocycles. The molecule has 1 aliphatic rings. The standard InChI is InChI=1S/C21H21FN2O2.C3H6O3/c1-12-10-14(2-5-17(12)22)19-16-4-3-15(25)11-18(16)24-21(23)20(19)13-6-8-26-9-7-13;4-2-1-3(5)6/h2-5,10-11,13,25H,6-9H2,1H3,(H2,23,24);4H,1-2H2,(H,5,6). The molecule has 2 heterocycles. The van der Waals surface area contributed by atoms with Gasteiger partial charge in [0.25, 0.3) is 0 Å². The van der Waals surface area contributed by atoms with Crippen LogP contribution in [-0.4, -0.2) is 46.1 Å². The number of nitrogens with two attached hydrogens (primary N) is 1. The van der Waals surface area contributed by atoms with Crippen molar-refractivity contribution >= 4 is 22.7 Å². The summed E-state index contributed by atoms with van der Waals surface area (Å²) in [7, 11) is 0. The van der Waals surface area contributed by atoms with E-state index < -0.39 is 5.97 Å². The summed E-state index contributed by atoms with van der Waals surface area (Å²) >= 11 is 0. The number of carboxylic acid groups (broad SMARTS) is 1. The van der Waals surface area contributed by atoms with Gasteiger partial charge in [0, 0.05) is 30.2 Å². The second-order valence-corrected chi connectivity index (χ2v) is 7.71. The molecule has 0 spiro atoms. The molecule has 0 amide bonds. The fourth-order valence-electron chi connectivity index (χ4n) is 3.89. The number of aliphatic hydroxyl groups excluding tert-OH is 1. The van der Waals surface area contributed by atoms with E-state index in [1.807, 2.05) is 12.1 Å². The van der Waals surface area contributed by atoms with E-state index in [0.29, 0.717) is 30.1 Å². The van der Waals surface area contributed by atoms with Crippen LogP contribution in [0.3, 0.4) is 0 Å². The van der Waals surface area contributed by atoms with E-state index in [9.17, 15) is 14.3 Å². The number of aromatic nitrogens is 1. The highest BCUT2D eigenvalue weighted by atomic mass is 19.1. The maximum Gasteiger partial charge on any atom is 0.305 e. The molecule has 0 unspecified atom stereocenters. The van der Waals surface area contributed by atoms with Gasteiger partial charge in [-0.3, -0.25) is 4.79 Å². The number of phenols is 1. The first kappa shape index (κ1) is 23.4. The number of pyridine rings is 1. The quantitative estimate of drug-likeness (QED) is 0.481. The van der Waals surface area contributed by atoms with Gasteiger partial charge in [0.15, 0.2) is 0 Å². The lowest BCUT2D eigenvalue weighted by Crippen LogP contribution is -2.17. The molecule has 1 fully saturated rings. The number of carbonyl (C=O) groups is 1. The maximum absolute atomic E-state index is 13.8. The smallest absolute Gasteiger partial charge is 0.305 e. The van der Waals surface area contributed by atoms with Gasteiger partial charge in [0.1, 0.15) is 17.4 Å². The average Bonchev–Trinajstić information content (AvgIpc) is 2.75. The zero-order valence-corrected chi connectivity index (χ0v) is 17.8. The van der Waals surface area contributed by atoms with Gasteiger partial charge in [-0.1, -0.05) is 6.07 Å². The average molecular weight is 442 g/mol. The van der Waals surface area contributed by atoms with Crippen molar-refractivity contribution in [3.63, 3.8) is 0 Å². The van der Waals surface area contributed by atoms with Gasteiger partial charge in [-0.15, -0.1) is 0 Å². The number of carboxylic acids is 1. The number of ether oxygens (including phenoxy) is 1. The van der Waals surface area contributed by atoms with Gasteiger partial charge >= 0.3 is 5.97 Å². The Labute approximate surface area is 185 Å². The van der Waals surface area contributed by atoms with Gasteiger partial charge < -0.3 is 25.8 Å². The Morgan fingerprint density at radius 1 is 1.22 bits per heavy atom. The third-order valence-corrected chi connectivity index (χ3v) is 5.44. The molecule has 170 valence electrons. The number of hydrogen-bond acceptors (Lipinski definition) is 6. The zero-order chi connectivity index (χ0) is 23.3. The fourth-order valence-corrected chi connectivity index (χ4v) is 3.89. The summed E-state index contributed by atoms with van der Waals surface area (Å²) in [6, 6.07) is 10.2. The fraction of sp³-hybridized carbons (Fsp3) is 0.333. The highest BCUT2D eigenvalue weighted by molar-refractivity contribution is 5.99. The third kappa shape index (κ3) is 5.33. The molecular weight excluding hydrogens is 415 g/mol. The zero-order valence-electron chi connectivity index (χ0n) is 17.8. The van der Waals surface area contributed by atoms with E-state index in [2.05, 4.69) is 4.98 Å². The molecule has 8 heteroatoms. The lowest BCUT2D eigenvalue weighted by Gasteiger charge is -2.26. The van der Waals surface area contributed by atoms with E-state index >= 15 is 0 Å². The van der Waals surface area contributed by atoms with Crippen LogP contribution in [0.15, 0.2) is 36.4 Å². The Morgan fingerprint density at radius 3 is 2.53 bits per heavy atom. The number of halogens is 1. The van der Waals surface area contributed by atoms with E-state index in [0.717, 1.165) is 34.9 Å². The number of aliphatic carboxylic acids is 1. The van der Waals surface area contributed by atoms with Crippen LogP contribution in [0.2, 0.25) is 0 Å². The first-order chi connectivity index (χ1) is 15.3. The normalized spacial score (nSPS) is 14.1. The molecule has 1 saturated heterocycles. The Bertz CT molecular complexity index is 1110. The third-order valence-electron chi connectivity index (χ3n) is 5.44. The Morgan fingerprint density at radius 2 is 1.94 bits per heavy atom. The van der Waals surface area contributed by atoms with Crippen LogP contribution >= 0.6 is 0 Å². The van der Waals surface area contributed by atoms with Crippen molar-refractivity contribution in [2.24, 2.45) is 0 Å². The van der Waals surface area contributed by atoms with Crippen molar-refractivity contribution in [2.45, 2.75) is 32.1 Å². The van der Waals surface area contributed by atoms with Gasteiger partial charge in [0.2, 0.25) is 0 Å². The molecular formula is C24H27FN2O5. The molecule has 5 N–H and O–H groups in total. The highest BCUT2D eigenvalue weighted by Crippen LogP contribution is 2.42. The largest absolute Gasteiger partial charge is 0.508 e. The van der Waals surface area contributed by atoms with E-state index in [4.69, 9.17) is 20.7 Å². The SMILES string of the molecule is Cc1cc(-c2c(C3CCOCC3)c(N)nc3cc(O)ccc23)ccc1F.O=C(O)CCO. The number of rotatable bonds is 4. The molecule has 0 saturated carbocycles. The van der Waals surface area contributed by atoms with Crippen molar-refractivity contribution in [3.8, 4) is 16.9 Å². The highest BCUT2D eigenvalue weighted by Gasteiger charge is 2.25. The van der Waals surface area contributed by atoms with E-state index in [-0.39, 0.29) is 30.5 Å². The monoisotopic (exact) mass is 442 g/mol. The Kier molecular flexibility index (Phi) is 7.61. The molecule has 0 aliphatic carbocycles. The van der Waals surface area contributed by atoms with Crippen molar-refractivity contribution in [1.82, 2.24) is 4.98 Å². The van der Waals surface area contributed by atoms with E-state index in [1.165, 1.54) is 6.07 Å². The first-order valence-electron chi connectivity index (χ1n) is 10.4. The second kappa shape index (κ2) is 10.4. The number of nitrogens with zero attached hydrogens (tertiary/aromatic N) is 1. The number of aliphatic hydroxyl groups is 1. The first-order valence-corrected chi connectivity index (χ1v) is 10.4. The van der Waals surface area contributed by atoms with Gasteiger partial charge in [-0.2, -0.15) is 0 Å². The number of anilines is 1. The molecule has 0 atom stereocenters. The molecule has 1 aromatic heterocycles. The van der Waals surface area contributed by atoms with Gasteiger partial charge in [-0.05, 0) is 66.6 Å². The van der Waals surface area contributed by atoms with Gasteiger partial charge in [-0.25, -0.2) is 9.37 Å². The number of benzene rings is 2. The Hall–Kier alpha value is -3.23. The maximum atomic E-state index is 13.8. The predicted octanol–water partition coefficient (Wildman–Crippen LogP) is 3.98. The predicted molar refractivity (Wildman–Crippen MR) is 120 cm³/mol. The van der Waals surface area contributed by atoms with Crippen LogP contribution in [0.5, 0.6) is 5.75 Å². The van der Waals surface area contributed by atoms with Crippen molar-refractivity contribution in [2.75, 3.05) is 25.6 Å². The minimum Gasteiger partial charge on any atom is -0.508 e. The van der Waals surface area contributed by atoms with Crippen LogP contribution in [0.25, 0.3) is 22.0 Å². The molecule has 0 bridgehead atoms. The number of hydrogen-bond donors (Lipinski definition) is 4. The second-order valence-electron chi connectivity index (χ2n) is 7.71. The van der Waals surface area contributed by atoms with Gasteiger partial charge in [0.05, 0.1) is 18.5 Å². The molecule has 2 aromatic carbocycles. The number of aryl methyl sites for hydroxylation is 1. The summed E-state index contributed by atoms with van der Waals surface area (Å²) < 4.78 is 19.3. The summed E-state index contributed by atoms with van der Waals surface area (Å²) in [6.45, 7) is 2.88. The van der Waals surface area contributed by atoms with Crippen molar-refractivity contribution in [1.29, 1.82) is 0 Å². The lowest BCUT2D eigenvalue weighted by molar-refractivity contribution is -0.137. The van der Waals surface area contributed by atoms with Crippen LogP contribution < -0.4 is 5.73 Å². The summed E-state index contributed by atoms with van der Waals surface area (Å²) in [5, 5.41) is 26.4. The topological polar surface area (TPSA) is 126 Å². The van der Waals surface area contributed by atoms with E-state index in [1.54, 1.807) is 25.1 Å². The van der Waals surface area contributed by atoms with Crippen molar-refractivity contribution in [3.05, 3.63) is 53.3 Å². The van der Waals surface area contributed by atoms with Crippen molar-refractivity contribution < 1.29 is 29.2 Å². The number of nitrogen functional groups attached to an aromatic ring is 1. The summed E-state index contributed by atoms with van der Waals surface area (Å²) in [6.07, 6.45) is 1.60. The number of aromatic hydroxyl groups is 1. The minimum atomic E-state index is -0.961. The molecule has 4 rings (SSSR count). The summed E-state index contributed by atoms with van der Waals surface area (Å²) in [4.78, 5) is 14.0. The lowest BCUT2D eigenvalue weighted by atomic mass is 9.84. The van der Waals surface area contributed by atoms with Crippen LogP contribution in [0.1, 0.15) is 36.3 Å². The molecule has 3 aromatic rings. The summed E-state index contributed by atoms with van der Waals surface area (Å²) in [5.74, 6) is -0.339. The number of fused-ring (bicyclic) bond motifs is 1. The molecule has 7 nitrogen and oxygen atoms in total.